The van der Waals surface area contributed by atoms with Crippen molar-refractivity contribution in [1.29, 1.82) is 0 Å². The number of hydrogen-bond acceptors (Lipinski definition) is 2. The molecular formula is C6H6FNO. The van der Waals surface area contributed by atoms with Crippen molar-refractivity contribution in [3.8, 4) is 5.75 Å². The maximum atomic E-state index is 12.7. The molecule has 9 heavy (non-hydrogen) atoms. The van der Waals surface area contributed by atoms with E-state index in [0.29, 0.717) is 0 Å². The van der Waals surface area contributed by atoms with Crippen LogP contribution < -0.4 is 5.73 Å². The van der Waals surface area contributed by atoms with E-state index in [-0.39, 0.29) is 0 Å². The molecule has 1 rings (SSSR count). The lowest BCUT2D eigenvalue weighted by Gasteiger charge is -1.93. The molecule has 0 aliphatic rings. The average Bonchev–Trinajstić information content (AvgIpc) is 2.08. The topological polar surface area (TPSA) is 46.2 Å². The monoisotopic (exact) mass is 130 g/mol. The van der Waals surface area contributed by atoms with E-state index >= 15 is 0 Å². The molecule has 48 valence electrons. The van der Waals surface area contributed by atoms with Crippen LogP contribution in [0, 0.1) is 5.82 Å². The molecule has 0 saturated heterocycles. The van der Waals surface area contributed by atoms with Gasteiger partial charge in [-0.3, -0.25) is 0 Å². The Labute approximate surface area is 55.9 Å². The van der Waals surface area contributed by atoms with Crippen LogP contribution in [-0.2, 0) is 0 Å². The zero-order valence-corrected chi connectivity index (χ0v) is 4.40. The van der Waals surface area contributed by atoms with Crippen molar-refractivity contribution < 1.29 is 13.6 Å². The van der Waals surface area contributed by atoms with Gasteiger partial charge in [0.1, 0.15) is 0 Å². The minimum Gasteiger partial charge on any atom is -0.505 e. The fraction of sp³-hybridized carbons (Fsp3) is 0. The lowest BCUT2D eigenvalue weighted by atomic mass is 10.3. The van der Waals surface area contributed by atoms with Gasteiger partial charge in [0, 0.05) is 11.7 Å². The van der Waals surface area contributed by atoms with Crippen molar-refractivity contribution in [1.82, 2.24) is 0 Å². The fourth-order valence-electron chi connectivity index (χ4n) is 0.390. The first-order valence-corrected chi connectivity index (χ1v) is 2.20. The van der Waals surface area contributed by atoms with Gasteiger partial charge >= 0.3 is 0 Å². The molecule has 0 fully saturated rings. The number of halogens is 1. The SMILES string of the molecule is [2H]c1c([2H])c(O)c(F)c([2H])c1N. The summed E-state index contributed by atoms with van der Waals surface area (Å²) in [5.41, 5.74) is 4.67. The third-order valence-electron chi connectivity index (χ3n) is 0.768. The first-order chi connectivity index (χ1) is 5.46. The van der Waals surface area contributed by atoms with Crippen molar-refractivity contribution in [3.63, 3.8) is 0 Å². The number of hydrogen-bond donors (Lipinski definition) is 2. The summed E-state index contributed by atoms with van der Waals surface area (Å²) in [5, 5.41) is 8.83. The summed E-state index contributed by atoms with van der Waals surface area (Å²) in [6, 6.07) is -1.96. The molecule has 1 aromatic rings. The number of benzene rings is 1. The zero-order valence-electron chi connectivity index (χ0n) is 7.40. The maximum absolute atomic E-state index is 12.7. The van der Waals surface area contributed by atoms with Gasteiger partial charge in [0.2, 0.25) is 0 Å². The molecule has 0 bridgehead atoms. The van der Waals surface area contributed by atoms with Crippen molar-refractivity contribution in [2.45, 2.75) is 0 Å². The Hall–Kier alpha value is -1.25. The molecule has 3 N–H and O–H groups in total. The van der Waals surface area contributed by atoms with Gasteiger partial charge in [0.05, 0.1) is 4.11 Å². The second-order valence-corrected chi connectivity index (χ2v) is 1.45. The second kappa shape index (κ2) is 1.93. The quantitative estimate of drug-likeness (QED) is 0.408. The van der Waals surface area contributed by atoms with Gasteiger partial charge in [0.25, 0.3) is 0 Å². The molecule has 0 heterocycles. The van der Waals surface area contributed by atoms with E-state index in [9.17, 15) is 4.39 Å². The van der Waals surface area contributed by atoms with Gasteiger partial charge in [-0.15, -0.1) is 0 Å². The fourth-order valence-corrected chi connectivity index (χ4v) is 0.390. The molecule has 2 nitrogen and oxygen atoms in total. The van der Waals surface area contributed by atoms with E-state index < -0.39 is 35.4 Å². The normalized spacial score (nSPS) is 14.1. The van der Waals surface area contributed by atoms with Crippen LogP contribution in [0.3, 0.4) is 0 Å². The molecular weight excluding hydrogens is 121 g/mol. The molecule has 0 aromatic heterocycles. The Morgan fingerprint density at radius 2 is 2.33 bits per heavy atom. The Morgan fingerprint density at radius 1 is 1.67 bits per heavy atom. The predicted octanol–water partition coefficient (Wildman–Crippen LogP) is 1.11. The largest absolute Gasteiger partial charge is 0.505 e. The molecule has 0 aliphatic carbocycles. The molecule has 0 unspecified atom stereocenters. The van der Waals surface area contributed by atoms with Crippen molar-refractivity contribution >= 4 is 5.69 Å². The molecule has 1 aromatic carbocycles. The van der Waals surface area contributed by atoms with Crippen LogP contribution in [0.5, 0.6) is 5.75 Å². The third kappa shape index (κ3) is 1.10. The van der Waals surface area contributed by atoms with Gasteiger partial charge in [-0.1, -0.05) is 0 Å². The van der Waals surface area contributed by atoms with E-state index in [1.807, 2.05) is 0 Å². The van der Waals surface area contributed by atoms with Gasteiger partial charge in [-0.2, -0.15) is 0 Å². The van der Waals surface area contributed by atoms with Crippen LogP contribution in [0.15, 0.2) is 18.1 Å². The van der Waals surface area contributed by atoms with Crippen molar-refractivity contribution in [2.24, 2.45) is 0 Å². The van der Waals surface area contributed by atoms with Crippen LogP contribution >= 0.6 is 0 Å². The molecule has 0 saturated carbocycles. The highest BCUT2D eigenvalue weighted by Gasteiger charge is 1.96. The molecule has 0 spiro atoms. The zero-order chi connectivity index (χ0) is 9.46. The number of anilines is 1. The lowest BCUT2D eigenvalue weighted by molar-refractivity contribution is 0.432. The Morgan fingerprint density at radius 3 is 3.00 bits per heavy atom. The van der Waals surface area contributed by atoms with Gasteiger partial charge in [0.15, 0.2) is 11.6 Å². The third-order valence-corrected chi connectivity index (χ3v) is 0.768. The van der Waals surface area contributed by atoms with Crippen molar-refractivity contribution in [2.75, 3.05) is 5.73 Å². The van der Waals surface area contributed by atoms with E-state index in [2.05, 4.69) is 0 Å². The van der Waals surface area contributed by atoms with E-state index in [4.69, 9.17) is 15.0 Å². The summed E-state index contributed by atoms with van der Waals surface area (Å²) in [7, 11) is 0. The molecule has 0 amide bonds. The van der Waals surface area contributed by atoms with Crippen LogP contribution in [0.1, 0.15) is 4.11 Å². The van der Waals surface area contributed by atoms with Crippen LogP contribution in [0.25, 0.3) is 0 Å². The standard InChI is InChI=1S/C6H6FNO/c7-5-3-4(8)1-2-6(5)9/h1-3,9H,8H2/i1D,2D,3D. The highest BCUT2D eigenvalue weighted by molar-refractivity contribution is 5.42. The summed E-state index contributed by atoms with van der Waals surface area (Å²) < 4.78 is 33.7. The molecule has 0 atom stereocenters. The first-order valence-electron chi connectivity index (χ1n) is 3.70. The number of nitrogen functional groups attached to an aromatic ring is 1. The summed E-state index contributed by atoms with van der Waals surface area (Å²) in [5.74, 6) is -2.26. The smallest absolute Gasteiger partial charge is 0.166 e. The van der Waals surface area contributed by atoms with Crippen LogP contribution in [0.2, 0.25) is 0 Å². The summed E-state index contributed by atoms with van der Waals surface area (Å²) >= 11 is 0. The van der Waals surface area contributed by atoms with Gasteiger partial charge in [-0.05, 0) is 12.1 Å². The number of phenolic OH excluding ortho intramolecular Hbond substituents is 1. The average molecular weight is 130 g/mol. The highest BCUT2D eigenvalue weighted by atomic mass is 19.1. The van der Waals surface area contributed by atoms with E-state index in [1.54, 1.807) is 0 Å². The Bertz CT molecular complexity index is 237. The summed E-state index contributed by atoms with van der Waals surface area (Å²) in [4.78, 5) is 0. The lowest BCUT2D eigenvalue weighted by Crippen LogP contribution is -1.84. The molecule has 0 aliphatic heterocycles. The molecule has 3 heteroatoms. The Balaban J connectivity index is 3.60. The summed E-state index contributed by atoms with van der Waals surface area (Å²) in [6.45, 7) is 0. The highest BCUT2D eigenvalue weighted by Crippen LogP contribution is 2.16. The van der Waals surface area contributed by atoms with Crippen LogP contribution in [0.4, 0.5) is 10.1 Å². The Kier molecular flexibility index (Phi) is 0.656. The van der Waals surface area contributed by atoms with E-state index in [1.165, 1.54) is 0 Å². The van der Waals surface area contributed by atoms with Crippen molar-refractivity contribution in [3.05, 3.63) is 23.9 Å². The minimum absolute atomic E-state index is 0.435. The second-order valence-electron chi connectivity index (χ2n) is 1.45. The van der Waals surface area contributed by atoms with E-state index in [0.717, 1.165) is 0 Å². The number of nitrogens with two attached hydrogens (primary N) is 1. The van der Waals surface area contributed by atoms with Crippen LogP contribution in [-0.4, -0.2) is 5.11 Å². The summed E-state index contributed by atoms with van der Waals surface area (Å²) in [6.07, 6.45) is 0. The molecule has 0 radical (unpaired) electrons. The number of phenols is 1. The first kappa shape index (κ1) is 3.06. The van der Waals surface area contributed by atoms with Gasteiger partial charge in [-0.25, -0.2) is 4.39 Å². The number of aromatic hydroxyl groups is 1. The van der Waals surface area contributed by atoms with Gasteiger partial charge < -0.3 is 10.8 Å². The predicted molar refractivity (Wildman–Crippen MR) is 32.5 cm³/mol. The number of rotatable bonds is 0. The minimum atomic E-state index is -1.26. The maximum Gasteiger partial charge on any atom is 0.166 e.